The van der Waals surface area contributed by atoms with Crippen molar-refractivity contribution in [2.75, 3.05) is 31.1 Å². The molecule has 2 aliphatic rings. The first kappa shape index (κ1) is 22.6. The van der Waals surface area contributed by atoms with Crippen LogP contribution >= 0.6 is 0 Å². The zero-order chi connectivity index (χ0) is 23.1. The summed E-state index contributed by atoms with van der Waals surface area (Å²) in [5, 5.41) is 0. The summed E-state index contributed by atoms with van der Waals surface area (Å²) in [6.45, 7) is 2.15. The van der Waals surface area contributed by atoms with Gasteiger partial charge in [0.1, 0.15) is 5.75 Å². The quantitative estimate of drug-likeness (QED) is 0.687. The average molecular weight is 470 g/mol. The van der Waals surface area contributed by atoms with Crippen molar-refractivity contribution in [1.82, 2.24) is 4.31 Å². The monoisotopic (exact) mass is 470 g/mol. The van der Waals surface area contributed by atoms with Gasteiger partial charge in [0.2, 0.25) is 10.0 Å². The molecule has 2 aromatic carbocycles. The van der Waals surface area contributed by atoms with Crippen LogP contribution in [0.15, 0.2) is 53.4 Å². The number of carbonyl (C=O) groups is 1. The Morgan fingerprint density at radius 3 is 2.31 bits per heavy atom. The highest BCUT2D eigenvalue weighted by atomic mass is 32.2. The summed E-state index contributed by atoms with van der Waals surface area (Å²) in [7, 11) is -3.81. The van der Waals surface area contributed by atoms with Gasteiger partial charge in [0.05, 0.1) is 18.0 Å². The Kier molecular flexibility index (Phi) is 5.68. The summed E-state index contributed by atoms with van der Waals surface area (Å²) in [6, 6.07) is 11.4. The van der Waals surface area contributed by atoms with Crippen LogP contribution in [0.2, 0.25) is 0 Å². The molecule has 1 amide bonds. The summed E-state index contributed by atoms with van der Waals surface area (Å²) < 4.78 is 74.2. The molecule has 0 aliphatic carbocycles. The van der Waals surface area contributed by atoms with Crippen molar-refractivity contribution < 1.29 is 35.9 Å². The molecule has 1 spiro atoms. The number of aryl methyl sites for hydroxylation is 1. The Bertz CT molecular complexity index is 1100. The van der Waals surface area contributed by atoms with E-state index in [4.69, 9.17) is 4.74 Å². The van der Waals surface area contributed by atoms with Crippen molar-refractivity contribution in [3.05, 3.63) is 54.1 Å². The van der Waals surface area contributed by atoms with Gasteiger partial charge in [-0.1, -0.05) is 17.7 Å². The van der Waals surface area contributed by atoms with Gasteiger partial charge in [0.15, 0.2) is 5.60 Å². The fourth-order valence-electron chi connectivity index (χ4n) is 3.92. The standard InChI is InChI=1S/C21H21F3N2O5S/c1-15-2-8-18(9-3-15)32(28,29)25-12-13-30-20(14-25)10-11-26(19(20)27)16-4-6-17(7-5-16)31-21(22,23)24/h2-9H,10-14H2,1H3. The molecule has 2 aliphatic heterocycles. The SMILES string of the molecule is Cc1ccc(S(=O)(=O)N2CCOC3(CCN(c4ccc(OC(F)(F)F)cc4)C3=O)C2)cc1. The van der Waals surface area contributed by atoms with Crippen molar-refractivity contribution in [2.45, 2.75) is 30.2 Å². The van der Waals surface area contributed by atoms with Crippen LogP contribution in [0, 0.1) is 6.92 Å². The van der Waals surface area contributed by atoms with E-state index in [0.717, 1.165) is 17.7 Å². The first-order valence-electron chi connectivity index (χ1n) is 9.89. The Morgan fingerprint density at radius 1 is 1.03 bits per heavy atom. The van der Waals surface area contributed by atoms with E-state index < -0.39 is 33.6 Å². The highest BCUT2D eigenvalue weighted by Gasteiger charge is 2.52. The van der Waals surface area contributed by atoms with Gasteiger partial charge in [-0.25, -0.2) is 8.42 Å². The summed E-state index contributed by atoms with van der Waals surface area (Å²) >= 11 is 0. The summed E-state index contributed by atoms with van der Waals surface area (Å²) in [5.74, 6) is -0.822. The number of alkyl halides is 3. The summed E-state index contributed by atoms with van der Waals surface area (Å²) in [6.07, 6.45) is -4.55. The molecule has 172 valence electrons. The molecule has 32 heavy (non-hydrogen) atoms. The Morgan fingerprint density at radius 2 is 1.69 bits per heavy atom. The predicted molar refractivity (Wildman–Crippen MR) is 109 cm³/mol. The highest BCUT2D eigenvalue weighted by Crippen LogP contribution is 2.36. The molecule has 7 nitrogen and oxygen atoms in total. The summed E-state index contributed by atoms with van der Waals surface area (Å²) in [4.78, 5) is 14.7. The minimum absolute atomic E-state index is 0.0586. The number of carbonyl (C=O) groups excluding carboxylic acids is 1. The number of halogens is 3. The second-order valence-electron chi connectivity index (χ2n) is 7.74. The maximum absolute atomic E-state index is 13.2. The second-order valence-corrected chi connectivity index (χ2v) is 9.68. The normalized spacial score (nSPS) is 22.5. The lowest BCUT2D eigenvalue weighted by molar-refractivity contribution is -0.274. The molecule has 2 heterocycles. The van der Waals surface area contributed by atoms with E-state index in [-0.39, 0.29) is 37.6 Å². The third kappa shape index (κ3) is 4.32. The van der Waals surface area contributed by atoms with E-state index in [9.17, 15) is 26.4 Å². The number of sulfonamides is 1. The van der Waals surface area contributed by atoms with Crippen LogP contribution < -0.4 is 9.64 Å². The van der Waals surface area contributed by atoms with Crippen molar-refractivity contribution >= 4 is 21.6 Å². The molecular formula is C21H21F3N2O5S. The average Bonchev–Trinajstić information content (AvgIpc) is 3.03. The zero-order valence-corrected chi connectivity index (χ0v) is 17.9. The maximum atomic E-state index is 13.2. The van der Waals surface area contributed by atoms with Crippen LogP contribution in [0.4, 0.5) is 18.9 Å². The molecule has 2 saturated heterocycles. The molecule has 2 aromatic rings. The molecule has 0 aromatic heterocycles. The molecule has 0 bridgehead atoms. The molecule has 1 unspecified atom stereocenters. The largest absolute Gasteiger partial charge is 0.573 e. The number of morpholine rings is 1. The van der Waals surface area contributed by atoms with Crippen LogP contribution in [0.25, 0.3) is 0 Å². The maximum Gasteiger partial charge on any atom is 0.573 e. The molecule has 0 N–H and O–H groups in total. The molecule has 0 radical (unpaired) electrons. The number of anilines is 1. The van der Waals surface area contributed by atoms with Gasteiger partial charge >= 0.3 is 6.36 Å². The predicted octanol–water partition coefficient (Wildman–Crippen LogP) is 3.09. The van der Waals surface area contributed by atoms with Crippen LogP contribution in [-0.2, 0) is 19.6 Å². The van der Waals surface area contributed by atoms with Gasteiger partial charge in [0.25, 0.3) is 5.91 Å². The van der Waals surface area contributed by atoms with E-state index in [1.807, 2.05) is 6.92 Å². The van der Waals surface area contributed by atoms with Gasteiger partial charge in [-0.3, -0.25) is 4.79 Å². The third-order valence-electron chi connectivity index (χ3n) is 5.57. The number of hydrogen-bond acceptors (Lipinski definition) is 5. The lowest BCUT2D eigenvalue weighted by Gasteiger charge is -2.38. The van der Waals surface area contributed by atoms with E-state index in [1.54, 1.807) is 12.1 Å². The van der Waals surface area contributed by atoms with E-state index >= 15 is 0 Å². The number of hydrogen-bond donors (Lipinski definition) is 0. The van der Waals surface area contributed by atoms with Crippen molar-refractivity contribution in [2.24, 2.45) is 0 Å². The fraction of sp³-hybridized carbons (Fsp3) is 0.381. The van der Waals surface area contributed by atoms with Crippen molar-refractivity contribution in [1.29, 1.82) is 0 Å². The first-order chi connectivity index (χ1) is 15.0. The summed E-state index contributed by atoms with van der Waals surface area (Å²) in [5.41, 5.74) is -0.0314. The van der Waals surface area contributed by atoms with Crippen LogP contribution in [0.1, 0.15) is 12.0 Å². The van der Waals surface area contributed by atoms with Gasteiger partial charge in [0, 0.05) is 25.2 Å². The third-order valence-corrected chi connectivity index (χ3v) is 7.43. The molecule has 4 rings (SSSR count). The first-order valence-corrected chi connectivity index (χ1v) is 11.3. The van der Waals surface area contributed by atoms with Crippen molar-refractivity contribution in [3.63, 3.8) is 0 Å². The Balaban J connectivity index is 1.52. The van der Waals surface area contributed by atoms with Crippen LogP contribution in [0.3, 0.4) is 0 Å². The Hall–Kier alpha value is -2.63. The number of ether oxygens (including phenoxy) is 2. The van der Waals surface area contributed by atoms with Gasteiger partial charge in [-0.2, -0.15) is 4.31 Å². The zero-order valence-electron chi connectivity index (χ0n) is 17.1. The molecule has 2 fully saturated rings. The lowest BCUT2D eigenvalue weighted by Crippen LogP contribution is -2.57. The molecule has 11 heteroatoms. The fourth-order valence-corrected chi connectivity index (χ4v) is 5.39. The van der Waals surface area contributed by atoms with E-state index in [0.29, 0.717) is 5.69 Å². The van der Waals surface area contributed by atoms with Crippen LogP contribution in [-0.4, -0.2) is 56.8 Å². The highest BCUT2D eigenvalue weighted by molar-refractivity contribution is 7.89. The van der Waals surface area contributed by atoms with Gasteiger partial charge in [-0.05, 0) is 43.3 Å². The minimum atomic E-state index is -4.81. The molecule has 1 atom stereocenters. The lowest BCUT2D eigenvalue weighted by atomic mass is 10.0. The number of nitrogens with zero attached hydrogens (tertiary/aromatic N) is 2. The minimum Gasteiger partial charge on any atom is -0.406 e. The van der Waals surface area contributed by atoms with Crippen LogP contribution in [0.5, 0.6) is 5.75 Å². The molecular weight excluding hydrogens is 449 g/mol. The van der Waals surface area contributed by atoms with E-state index in [1.165, 1.54) is 33.5 Å². The van der Waals surface area contributed by atoms with Gasteiger partial charge in [-0.15, -0.1) is 13.2 Å². The number of amides is 1. The smallest absolute Gasteiger partial charge is 0.406 e. The van der Waals surface area contributed by atoms with E-state index in [2.05, 4.69) is 4.74 Å². The molecule has 0 saturated carbocycles. The number of rotatable bonds is 4. The Labute approximate surface area is 183 Å². The second kappa shape index (κ2) is 8.05. The van der Waals surface area contributed by atoms with Crippen molar-refractivity contribution in [3.8, 4) is 5.75 Å². The van der Waals surface area contributed by atoms with Gasteiger partial charge < -0.3 is 14.4 Å². The topological polar surface area (TPSA) is 76.2 Å². The number of benzene rings is 2.